The van der Waals surface area contributed by atoms with Crippen molar-refractivity contribution < 1.29 is 9.90 Å². The molecule has 4 heteroatoms. The third kappa shape index (κ3) is 2.96. The van der Waals surface area contributed by atoms with E-state index in [1.807, 2.05) is 36.4 Å². The van der Waals surface area contributed by atoms with Gasteiger partial charge in [0.05, 0.1) is 5.69 Å². The number of para-hydroxylation sites is 2. The normalized spacial score (nSPS) is 10.2. The minimum atomic E-state index is 0.173. The number of rotatable bonds is 4. The van der Waals surface area contributed by atoms with Crippen LogP contribution >= 0.6 is 0 Å². The number of hydrogen-bond donors (Lipinski definition) is 2. The molecule has 0 amide bonds. The van der Waals surface area contributed by atoms with Gasteiger partial charge in [0, 0.05) is 17.3 Å². The van der Waals surface area contributed by atoms with Crippen molar-refractivity contribution >= 4 is 17.8 Å². The van der Waals surface area contributed by atoms with Crippen molar-refractivity contribution in [1.82, 2.24) is 4.98 Å². The lowest BCUT2D eigenvalue weighted by Crippen LogP contribution is -1.93. The van der Waals surface area contributed by atoms with Crippen molar-refractivity contribution in [3.05, 3.63) is 72.4 Å². The molecule has 0 unspecified atom stereocenters. The van der Waals surface area contributed by atoms with Gasteiger partial charge in [0.25, 0.3) is 0 Å². The summed E-state index contributed by atoms with van der Waals surface area (Å²) in [7, 11) is 0. The van der Waals surface area contributed by atoms with Crippen LogP contribution in [0.3, 0.4) is 0 Å². The predicted molar refractivity (Wildman–Crippen MR) is 86.5 cm³/mol. The number of anilines is 2. The molecule has 4 nitrogen and oxygen atoms in total. The summed E-state index contributed by atoms with van der Waals surface area (Å²) in [6, 6.07) is 18.1. The number of aromatic nitrogens is 1. The summed E-state index contributed by atoms with van der Waals surface area (Å²) in [5.74, 6) is 0.809. The molecule has 3 rings (SSSR count). The lowest BCUT2D eigenvalue weighted by atomic mass is 10.1. The first-order valence-electron chi connectivity index (χ1n) is 6.83. The van der Waals surface area contributed by atoms with Gasteiger partial charge in [-0.05, 0) is 35.9 Å². The lowest BCUT2D eigenvalue weighted by molar-refractivity contribution is 0.112. The minimum Gasteiger partial charge on any atom is -0.506 e. The van der Waals surface area contributed by atoms with E-state index in [1.165, 1.54) is 0 Å². The van der Waals surface area contributed by atoms with Crippen molar-refractivity contribution in [3.63, 3.8) is 0 Å². The van der Waals surface area contributed by atoms with Crippen LogP contribution in [0.5, 0.6) is 5.75 Å². The van der Waals surface area contributed by atoms with Crippen LogP contribution in [0.2, 0.25) is 0 Å². The fourth-order valence-corrected chi connectivity index (χ4v) is 2.15. The molecule has 0 saturated heterocycles. The van der Waals surface area contributed by atoms with E-state index in [1.54, 1.807) is 30.5 Å². The Morgan fingerprint density at radius 2 is 1.82 bits per heavy atom. The van der Waals surface area contributed by atoms with Gasteiger partial charge >= 0.3 is 0 Å². The molecule has 1 aromatic heterocycles. The lowest BCUT2D eigenvalue weighted by Gasteiger charge is -2.08. The number of phenols is 1. The van der Waals surface area contributed by atoms with E-state index in [0.717, 1.165) is 17.4 Å². The van der Waals surface area contributed by atoms with Gasteiger partial charge in [-0.15, -0.1) is 0 Å². The van der Waals surface area contributed by atoms with Gasteiger partial charge < -0.3 is 10.4 Å². The number of benzene rings is 2. The number of nitrogens with zero attached hydrogens (tertiary/aromatic N) is 1. The third-order valence-corrected chi connectivity index (χ3v) is 3.29. The second-order valence-corrected chi connectivity index (χ2v) is 4.82. The van der Waals surface area contributed by atoms with E-state index >= 15 is 0 Å². The highest BCUT2D eigenvalue weighted by Crippen LogP contribution is 2.26. The second-order valence-electron chi connectivity index (χ2n) is 4.82. The number of pyridine rings is 1. The van der Waals surface area contributed by atoms with Gasteiger partial charge in [0.15, 0.2) is 0 Å². The Morgan fingerprint density at radius 1 is 0.955 bits per heavy atom. The van der Waals surface area contributed by atoms with Gasteiger partial charge in [-0.25, -0.2) is 4.98 Å². The molecule has 2 N–H and O–H groups in total. The predicted octanol–water partition coefficient (Wildman–Crippen LogP) is 4.01. The van der Waals surface area contributed by atoms with Gasteiger partial charge in [-0.1, -0.05) is 30.3 Å². The average Bonchev–Trinajstić information content (AvgIpc) is 2.58. The van der Waals surface area contributed by atoms with Crippen LogP contribution in [0.15, 0.2) is 66.9 Å². The van der Waals surface area contributed by atoms with Gasteiger partial charge in [-0.3, -0.25) is 4.79 Å². The smallest absolute Gasteiger partial charge is 0.150 e. The fraction of sp³-hybridized carbons (Fsp3) is 0. The highest BCUT2D eigenvalue weighted by atomic mass is 16.3. The van der Waals surface area contributed by atoms with E-state index < -0.39 is 0 Å². The molecule has 2 aromatic carbocycles. The number of carbonyl (C=O) groups excluding carboxylic acids is 1. The SMILES string of the molecule is O=Cc1cccc(-c2ccc(Nc3ccccc3O)nc2)c1. The highest BCUT2D eigenvalue weighted by molar-refractivity contribution is 5.79. The van der Waals surface area contributed by atoms with Crippen LogP contribution in [0, 0.1) is 0 Å². The molecule has 1 heterocycles. The summed E-state index contributed by atoms with van der Waals surface area (Å²) >= 11 is 0. The van der Waals surface area contributed by atoms with E-state index in [4.69, 9.17) is 0 Å². The molecular formula is C18H14N2O2. The summed E-state index contributed by atoms with van der Waals surface area (Å²) in [5, 5.41) is 12.8. The van der Waals surface area contributed by atoms with Crippen LogP contribution in [-0.4, -0.2) is 16.4 Å². The molecule has 0 aliphatic carbocycles. The number of aldehydes is 1. The van der Waals surface area contributed by atoms with Gasteiger partial charge in [0.2, 0.25) is 0 Å². The summed E-state index contributed by atoms with van der Waals surface area (Å²) in [6.45, 7) is 0. The summed E-state index contributed by atoms with van der Waals surface area (Å²) in [6.07, 6.45) is 2.55. The number of carbonyl (C=O) groups is 1. The van der Waals surface area contributed by atoms with E-state index in [-0.39, 0.29) is 5.75 Å². The Bertz CT molecular complexity index is 798. The second kappa shape index (κ2) is 6.10. The van der Waals surface area contributed by atoms with E-state index in [9.17, 15) is 9.90 Å². The molecule has 0 aliphatic heterocycles. The molecule has 0 atom stereocenters. The number of hydrogen-bond acceptors (Lipinski definition) is 4. The molecule has 22 heavy (non-hydrogen) atoms. The van der Waals surface area contributed by atoms with Crippen LogP contribution in [0.1, 0.15) is 10.4 Å². The summed E-state index contributed by atoms with van der Waals surface area (Å²) in [5.41, 5.74) is 3.09. The van der Waals surface area contributed by atoms with Crippen molar-refractivity contribution in [2.45, 2.75) is 0 Å². The number of aromatic hydroxyl groups is 1. The highest BCUT2D eigenvalue weighted by Gasteiger charge is 2.03. The minimum absolute atomic E-state index is 0.173. The Morgan fingerprint density at radius 3 is 2.55 bits per heavy atom. The molecule has 3 aromatic rings. The molecule has 0 spiro atoms. The van der Waals surface area contributed by atoms with E-state index in [0.29, 0.717) is 17.1 Å². The Balaban J connectivity index is 1.83. The zero-order valence-corrected chi connectivity index (χ0v) is 11.7. The zero-order chi connectivity index (χ0) is 15.4. The fourth-order valence-electron chi connectivity index (χ4n) is 2.15. The van der Waals surface area contributed by atoms with Crippen molar-refractivity contribution in [3.8, 4) is 16.9 Å². The number of phenolic OH excluding ortho intramolecular Hbond substituents is 1. The first-order chi connectivity index (χ1) is 10.8. The van der Waals surface area contributed by atoms with E-state index in [2.05, 4.69) is 10.3 Å². The topological polar surface area (TPSA) is 62.2 Å². The Labute approximate surface area is 128 Å². The average molecular weight is 290 g/mol. The first kappa shape index (κ1) is 13.8. The molecule has 0 saturated carbocycles. The third-order valence-electron chi connectivity index (χ3n) is 3.29. The van der Waals surface area contributed by atoms with Gasteiger partial charge in [0.1, 0.15) is 17.9 Å². The molecule has 0 fully saturated rings. The van der Waals surface area contributed by atoms with Crippen LogP contribution in [-0.2, 0) is 0 Å². The Hall–Kier alpha value is -3.14. The molecule has 0 aliphatic rings. The summed E-state index contributed by atoms with van der Waals surface area (Å²) < 4.78 is 0. The summed E-state index contributed by atoms with van der Waals surface area (Å²) in [4.78, 5) is 15.2. The quantitative estimate of drug-likeness (QED) is 0.563. The van der Waals surface area contributed by atoms with Crippen LogP contribution < -0.4 is 5.32 Å². The van der Waals surface area contributed by atoms with Gasteiger partial charge in [-0.2, -0.15) is 0 Å². The van der Waals surface area contributed by atoms with Crippen LogP contribution in [0.25, 0.3) is 11.1 Å². The Kier molecular flexibility index (Phi) is 3.83. The largest absolute Gasteiger partial charge is 0.506 e. The zero-order valence-electron chi connectivity index (χ0n) is 11.7. The van der Waals surface area contributed by atoms with Crippen molar-refractivity contribution in [2.24, 2.45) is 0 Å². The maximum atomic E-state index is 10.8. The first-order valence-corrected chi connectivity index (χ1v) is 6.83. The molecule has 0 radical (unpaired) electrons. The molecular weight excluding hydrogens is 276 g/mol. The van der Waals surface area contributed by atoms with Crippen LogP contribution in [0.4, 0.5) is 11.5 Å². The number of nitrogens with one attached hydrogen (secondary N) is 1. The molecule has 0 bridgehead atoms. The molecule has 108 valence electrons. The monoisotopic (exact) mass is 290 g/mol. The maximum Gasteiger partial charge on any atom is 0.150 e. The standard InChI is InChI=1S/C18H14N2O2/c21-12-13-4-3-5-14(10-13)15-8-9-18(19-11-15)20-16-6-1-2-7-17(16)22/h1-12,22H,(H,19,20). The van der Waals surface area contributed by atoms with Crippen molar-refractivity contribution in [1.29, 1.82) is 0 Å². The maximum absolute atomic E-state index is 10.8. The van der Waals surface area contributed by atoms with Crippen molar-refractivity contribution in [2.75, 3.05) is 5.32 Å².